The molecule has 0 aliphatic rings. The smallest absolute Gasteiger partial charge is 0.238 e. The molecule has 100 valence electrons. The van der Waals surface area contributed by atoms with Gasteiger partial charge in [-0.15, -0.1) is 0 Å². The zero-order chi connectivity index (χ0) is 13.7. The Morgan fingerprint density at radius 3 is 2.89 bits per heavy atom. The normalized spacial score (nSPS) is 10.4. The van der Waals surface area contributed by atoms with E-state index in [4.69, 9.17) is 4.42 Å². The molecule has 1 aromatic carbocycles. The molecule has 0 saturated carbocycles. The molecule has 19 heavy (non-hydrogen) atoms. The molecule has 0 fully saturated rings. The monoisotopic (exact) mass is 322 g/mol. The van der Waals surface area contributed by atoms with Gasteiger partial charge in [0.15, 0.2) is 0 Å². The van der Waals surface area contributed by atoms with Gasteiger partial charge in [-0.1, -0.05) is 22.0 Å². The summed E-state index contributed by atoms with van der Waals surface area (Å²) in [7, 11) is 0. The van der Waals surface area contributed by atoms with Gasteiger partial charge in [-0.3, -0.25) is 4.79 Å². The molecule has 0 saturated heterocycles. The molecule has 5 heteroatoms. The third-order valence-corrected chi connectivity index (χ3v) is 3.47. The summed E-state index contributed by atoms with van der Waals surface area (Å²) in [6.45, 7) is 2.78. The van der Waals surface area contributed by atoms with E-state index in [1.807, 2.05) is 37.3 Å². The van der Waals surface area contributed by atoms with E-state index >= 15 is 0 Å². The van der Waals surface area contributed by atoms with Crippen molar-refractivity contribution in [2.24, 2.45) is 0 Å². The highest BCUT2D eigenvalue weighted by Crippen LogP contribution is 2.20. The van der Waals surface area contributed by atoms with Gasteiger partial charge in [0.1, 0.15) is 5.76 Å². The number of rotatable bonds is 5. The van der Waals surface area contributed by atoms with E-state index < -0.39 is 0 Å². The molecule has 2 aromatic rings. The molecule has 0 spiro atoms. The first kappa shape index (κ1) is 13.8. The molecule has 1 amide bonds. The van der Waals surface area contributed by atoms with Gasteiger partial charge in [0, 0.05) is 10.2 Å². The highest BCUT2D eigenvalue weighted by Gasteiger charge is 2.04. The number of amides is 1. The number of carbonyl (C=O) groups excluding carboxylic acids is 1. The fourth-order valence-electron chi connectivity index (χ4n) is 1.59. The van der Waals surface area contributed by atoms with Gasteiger partial charge in [-0.25, -0.2) is 0 Å². The fraction of sp³-hybridized carbons (Fsp3) is 0.214. The Morgan fingerprint density at radius 1 is 1.37 bits per heavy atom. The number of furan rings is 1. The molecule has 2 rings (SSSR count). The molecule has 4 nitrogen and oxygen atoms in total. The quantitative estimate of drug-likeness (QED) is 0.889. The zero-order valence-electron chi connectivity index (χ0n) is 10.6. The van der Waals surface area contributed by atoms with Crippen molar-refractivity contribution < 1.29 is 9.21 Å². The highest BCUT2D eigenvalue weighted by atomic mass is 79.9. The van der Waals surface area contributed by atoms with Crippen LogP contribution in [-0.2, 0) is 11.3 Å². The van der Waals surface area contributed by atoms with E-state index in [9.17, 15) is 4.79 Å². The van der Waals surface area contributed by atoms with E-state index in [1.165, 1.54) is 0 Å². The van der Waals surface area contributed by atoms with Crippen LogP contribution in [0.15, 0.2) is 45.5 Å². The topological polar surface area (TPSA) is 54.3 Å². The second-order valence-corrected chi connectivity index (χ2v) is 5.05. The van der Waals surface area contributed by atoms with E-state index in [-0.39, 0.29) is 12.5 Å². The van der Waals surface area contributed by atoms with Crippen molar-refractivity contribution >= 4 is 27.5 Å². The Balaban J connectivity index is 1.79. The lowest BCUT2D eigenvalue weighted by molar-refractivity contribution is -0.115. The van der Waals surface area contributed by atoms with Gasteiger partial charge in [0.2, 0.25) is 5.91 Å². The molecular weight excluding hydrogens is 308 g/mol. The number of aryl methyl sites for hydroxylation is 1. The maximum absolute atomic E-state index is 11.7. The van der Waals surface area contributed by atoms with Crippen molar-refractivity contribution in [3.8, 4) is 0 Å². The molecule has 0 aliphatic heterocycles. The van der Waals surface area contributed by atoms with Gasteiger partial charge >= 0.3 is 0 Å². The number of anilines is 1. The first-order valence-electron chi connectivity index (χ1n) is 5.94. The lowest BCUT2D eigenvalue weighted by Gasteiger charge is -2.07. The van der Waals surface area contributed by atoms with Gasteiger partial charge in [0.05, 0.1) is 19.4 Å². The van der Waals surface area contributed by atoms with E-state index in [2.05, 4.69) is 26.6 Å². The van der Waals surface area contributed by atoms with Crippen molar-refractivity contribution in [1.29, 1.82) is 0 Å². The number of halogens is 1. The van der Waals surface area contributed by atoms with Crippen LogP contribution in [0.3, 0.4) is 0 Å². The summed E-state index contributed by atoms with van der Waals surface area (Å²) in [6.07, 6.45) is 1.61. The molecule has 0 radical (unpaired) electrons. The van der Waals surface area contributed by atoms with E-state index in [0.717, 1.165) is 21.5 Å². The molecule has 1 aromatic heterocycles. The number of nitrogens with one attached hydrogen (secondary N) is 2. The number of hydrogen-bond donors (Lipinski definition) is 2. The summed E-state index contributed by atoms with van der Waals surface area (Å²) in [5, 5.41) is 5.84. The first-order chi connectivity index (χ1) is 9.15. The molecule has 1 heterocycles. The fourth-order valence-corrected chi connectivity index (χ4v) is 1.97. The average Bonchev–Trinajstić information content (AvgIpc) is 2.87. The van der Waals surface area contributed by atoms with Crippen molar-refractivity contribution in [2.45, 2.75) is 13.5 Å². The standard InChI is InChI=1S/C14H15BrN2O2/c1-10-4-5-11(7-13(10)15)17-14(18)9-16-8-12-3-2-6-19-12/h2-7,16H,8-9H2,1H3,(H,17,18). The zero-order valence-corrected chi connectivity index (χ0v) is 12.2. The maximum atomic E-state index is 11.7. The van der Waals surface area contributed by atoms with Gasteiger partial charge in [-0.05, 0) is 36.8 Å². The maximum Gasteiger partial charge on any atom is 0.238 e. The first-order valence-corrected chi connectivity index (χ1v) is 6.73. The highest BCUT2D eigenvalue weighted by molar-refractivity contribution is 9.10. The molecule has 0 atom stereocenters. The summed E-state index contributed by atoms with van der Waals surface area (Å²) in [5.74, 6) is 0.730. The number of carbonyl (C=O) groups is 1. The molecule has 0 aliphatic carbocycles. The minimum absolute atomic E-state index is 0.0812. The van der Waals surface area contributed by atoms with Crippen LogP contribution in [0.5, 0.6) is 0 Å². The molecule has 0 unspecified atom stereocenters. The summed E-state index contributed by atoms with van der Waals surface area (Å²) in [5.41, 5.74) is 1.91. The Hall–Kier alpha value is -1.59. The van der Waals surface area contributed by atoms with Gasteiger partial charge in [0.25, 0.3) is 0 Å². The summed E-state index contributed by atoms with van der Waals surface area (Å²) in [4.78, 5) is 11.7. The van der Waals surface area contributed by atoms with Crippen LogP contribution < -0.4 is 10.6 Å². The van der Waals surface area contributed by atoms with Gasteiger partial charge < -0.3 is 15.1 Å². The Kier molecular flexibility index (Phi) is 4.76. The predicted octanol–water partition coefficient (Wildman–Crippen LogP) is 3.08. The number of benzene rings is 1. The van der Waals surface area contributed by atoms with Crippen LogP contribution >= 0.6 is 15.9 Å². The van der Waals surface area contributed by atoms with Crippen LogP contribution in [0.25, 0.3) is 0 Å². The predicted molar refractivity (Wildman–Crippen MR) is 77.9 cm³/mol. The van der Waals surface area contributed by atoms with Crippen molar-refractivity contribution in [3.63, 3.8) is 0 Å². The summed E-state index contributed by atoms with van der Waals surface area (Å²) < 4.78 is 6.14. The van der Waals surface area contributed by atoms with Crippen LogP contribution in [0.4, 0.5) is 5.69 Å². The SMILES string of the molecule is Cc1ccc(NC(=O)CNCc2ccco2)cc1Br. The third kappa shape index (κ3) is 4.22. The van der Waals surface area contributed by atoms with Crippen LogP contribution in [0.2, 0.25) is 0 Å². The second-order valence-electron chi connectivity index (χ2n) is 4.20. The van der Waals surface area contributed by atoms with Crippen molar-refractivity contribution in [2.75, 3.05) is 11.9 Å². The molecule has 2 N–H and O–H groups in total. The van der Waals surface area contributed by atoms with Crippen LogP contribution in [-0.4, -0.2) is 12.5 Å². The Morgan fingerprint density at radius 2 is 2.21 bits per heavy atom. The lowest BCUT2D eigenvalue weighted by atomic mass is 10.2. The molecule has 0 bridgehead atoms. The minimum Gasteiger partial charge on any atom is -0.468 e. The Labute approximate surface area is 120 Å². The van der Waals surface area contributed by atoms with Crippen molar-refractivity contribution in [1.82, 2.24) is 5.32 Å². The van der Waals surface area contributed by atoms with Crippen LogP contribution in [0.1, 0.15) is 11.3 Å². The molecular formula is C14H15BrN2O2. The van der Waals surface area contributed by atoms with E-state index in [1.54, 1.807) is 6.26 Å². The second kappa shape index (κ2) is 6.54. The summed E-state index contributed by atoms with van der Waals surface area (Å²) >= 11 is 3.44. The largest absolute Gasteiger partial charge is 0.468 e. The lowest BCUT2D eigenvalue weighted by Crippen LogP contribution is -2.27. The minimum atomic E-state index is -0.0812. The average molecular weight is 323 g/mol. The van der Waals surface area contributed by atoms with E-state index in [0.29, 0.717) is 6.54 Å². The Bertz CT molecular complexity index is 553. The van der Waals surface area contributed by atoms with Gasteiger partial charge in [-0.2, -0.15) is 0 Å². The van der Waals surface area contributed by atoms with Crippen molar-refractivity contribution in [3.05, 3.63) is 52.4 Å². The third-order valence-electron chi connectivity index (χ3n) is 2.62. The van der Waals surface area contributed by atoms with Crippen LogP contribution in [0, 0.1) is 6.92 Å². The summed E-state index contributed by atoms with van der Waals surface area (Å²) in [6, 6.07) is 9.41. The number of hydrogen-bond acceptors (Lipinski definition) is 3.